The summed E-state index contributed by atoms with van der Waals surface area (Å²) in [5, 5.41) is 9.40. The molecule has 0 fully saturated rings. The molecule has 0 atom stereocenters. The van der Waals surface area contributed by atoms with Crippen LogP contribution < -0.4 is 20.7 Å². The first-order chi connectivity index (χ1) is 14.9. The van der Waals surface area contributed by atoms with Crippen LogP contribution in [0.15, 0.2) is 27.8 Å². The number of ether oxygens (including phenoxy) is 2. The van der Waals surface area contributed by atoms with Gasteiger partial charge in [0, 0.05) is 13.1 Å². The minimum Gasteiger partial charge on any atom is -0.493 e. The zero-order valence-electron chi connectivity index (χ0n) is 17.8. The Hall–Kier alpha value is -3.82. The second-order valence-electron chi connectivity index (χ2n) is 6.65. The molecule has 0 aliphatic rings. The predicted octanol–water partition coefficient (Wildman–Crippen LogP) is 1.67. The van der Waals surface area contributed by atoms with E-state index in [1.807, 2.05) is 0 Å². The van der Waals surface area contributed by atoms with Crippen LogP contribution in [0.4, 0.5) is 0 Å². The first-order valence-electron chi connectivity index (χ1n) is 9.71. The van der Waals surface area contributed by atoms with Crippen LogP contribution in [-0.2, 0) is 24.4 Å². The molecule has 0 aliphatic heterocycles. The Morgan fingerprint density at radius 2 is 1.71 bits per heavy atom. The Morgan fingerprint density at radius 3 is 2.29 bits per heavy atom. The van der Waals surface area contributed by atoms with E-state index in [-0.39, 0.29) is 23.5 Å². The highest BCUT2D eigenvalue weighted by atomic mass is 16.5. The molecule has 2 aromatic heterocycles. The van der Waals surface area contributed by atoms with Gasteiger partial charge in [0.2, 0.25) is 0 Å². The van der Waals surface area contributed by atoms with Crippen molar-refractivity contribution in [3.05, 3.63) is 50.4 Å². The van der Waals surface area contributed by atoms with Crippen molar-refractivity contribution in [1.82, 2.24) is 18.7 Å². The fourth-order valence-corrected chi connectivity index (χ4v) is 3.42. The largest absolute Gasteiger partial charge is 0.493 e. The maximum atomic E-state index is 12.9. The van der Waals surface area contributed by atoms with E-state index in [4.69, 9.17) is 9.47 Å². The topological polar surface area (TPSA) is 118 Å². The molecule has 3 aromatic rings. The van der Waals surface area contributed by atoms with Crippen molar-refractivity contribution in [2.45, 2.75) is 33.5 Å². The smallest absolute Gasteiger partial charge is 0.332 e. The molecule has 0 saturated heterocycles. The van der Waals surface area contributed by atoms with Gasteiger partial charge in [0.15, 0.2) is 22.7 Å². The van der Waals surface area contributed by atoms with E-state index in [1.54, 1.807) is 44.2 Å². The molecular formula is C21H24N4O6. The van der Waals surface area contributed by atoms with E-state index in [0.29, 0.717) is 18.0 Å². The number of imidazole rings is 1. The number of carboxylic acid groups (broad SMARTS) is 1. The number of nitrogens with zero attached hydrogens (tertiary/aromatic N) is 4. The number of aliphatic carboxylic acids is 1. The molecule has 0 bridgehead atoms. The number of benzene rings is 1. The van der Waals surface area contributed by atoms with Crippen molar-refractivity contribution >= 4 is 29.3 Å². The lowest BCUT2D eigenvalue weighted by Crippen LogP contribution is -2.40. The van der Waals surface area contributed by atoms with E-state index in [1.165, 1.54) is 23.4 Å². The molecule has 31 heavy (non-hydrogen) atoms. The third-order valence-electron chi connectivity index (χ3n) is 4.90. The van der Waals surface area contributed by atoms with Gasteiger partial charge in [-0.05, 0) is 37.6 Å². The van der Waals surface area contributed by atoms with Gasteiger partial charge in [-0.25, -0.2) is 9.78 Å². The van der Waals surface area contributed by atoms with Gasteiger partial charge in [-0.2, -0.15) is 0 Å². The Bertz CT molecular complexity index is 1280. The number of aryl methyl sites for hydroxylation is 1. The van der Waals surface area contributed by atoms with Gasteiger partial charge in [0.05, 0.1) is 14.2 Å². The van der Waals surface area contributed by atoms with E-state index >= 15 is 0 Å². The second kappa shape index (κ2) is 8.90. The molecule has 10 nitrogen and oxygen atoms in total. The lowest BCUT2D eigenvalue weighted by molar-refractivity contribution is -0.137. The Labute approximate surface area is 177 Å². The third-order valence-corrected chi connectivity index (χ3v) is 4.90. The van der Waals surface area contributed by atoms with Crippen LogP contribution in [0.25, 0.3) is 23.3 Å². The molecule has 0 aliphatic carbocycles. The number of hydrogen-bond acceptors (Lipinski definition) is 6. The van der Waals surface area contributed by atoms with Crippen LogP contribution in [0.3, 0.4) is 0 Å². The summed E-state index contributed by atoms with van der Waals surface area (Å²) in [7, 11) is 3.07. The van der Waals surface area contributed by atoms with E-state index < -0.39 is 23.8 Å². The molecule has 2 heterocycles. The summed E-state index contributed by atoms with van der Waals surface area (Å²) in [6, 6.07) is 5.30. The highest BCUT2D eigenvalue weighted by Crippen LogP contribution is 2.28. The maximum absolute atomic E-state index is 12.9. The van der Waals surface area contributed by atoms with E-state index in [0.717, 1.165) is 10.1 Å². The van der Waals surface area contributed by atoms with Crippen LogP contribution in [0.2, 0.25) is 0 Å². The lowest BCUT2D eigenvalue weighted by atomic mass is 10.2. The number of fused-ring (bicyclic) bond motifs is 1. The molecule has 0 amide bonds. The van der Waals surface area contributed by atoms with Crippen molar-refractivity contribution in [3.8, 4) is 11.5 Å². The van der Waals surface area contributed by atoms with Crippen LogP contribution in [0.5, 0.6) is 11.5 Å². The number of rotatable bonds is 8. The molecule has 164 valence electrons. The minimum absolute atomic E-state index is 0.0812. The summed E-state index contributed by atoms with van der Waals surface area (Å²) in [5.41, 5.74) is -0.0388. The first-order valence-corrected chi connectivity index (χ1v) is 9.71. The van der Waals surface area contributed by atoms with Gasteiger partial charge in [-0.15, -0.1) is 0 Å². The predicted molar refractivity (Wildman–Crippen MR) is 116 cm³/mol. The molecule has 0 saturated carbocycles. The van der Waals surface area contributed by atoms with Crippen LogP contribution in [0, 0.1) is 0 Å². The van der Waals surface area contributed by atoms with E-state index in [2.05, 4.69) is 4.98 Å². The van der Waals surface area contributed by atoms with Crippen LogP contribution in [-0.4, -0.2) is 44.0 Å². The summed E-state index contributed by atoms with van der Waals surface area (Å²) in [6.07, 6.45) is 3.32. The third kappa shape index (κ3) is 3.96. The number of methoxy groups -OCH3 is 2. The highest BCUT2D eigenvalue weighted by Gasteiger charge is 2.21. The first kappa shape index (κ1) is 21.9. The zero-order chi connectivity index (χ0) is 22.7. The SMILES string of the molecule is CCn1c(=O)c2c(nc(/C=C/c3ccc(OC)c(OC)c3)n2CC(=O)O)n(CC)c1=O. The zero-order valence-corrected chi connectivity index (χ0v) is 17.8. The van der Waals surface area contributed by atoms with Crippen molar-refractivity contribution in [2.75, 3.05) is 14.2 Å². The molecule has 1 aromatic carbocycles. The fourth-order valence-electron chi connectivity index (χ4n) is 3.42. The normalized spacial score (nSPS) is 11.4. The number of carbonyl (C=O) groups is 1. The van der Waals surface area contributed by atoms with Gasteiger partial charge in [0.25, 0.3) is 5.56 Å². The van der Waals surface area contributed by atoms with Crippen molar-refractivity contribution in [3.63, 3.8) is 0 Å². The monoisotopic (exact) mass is 428 g/mol. The Balaban J connectivity index is 2.24. The van der Waals surface area contributed by atoms with Crippen molar-refractivity contribution < 1.29 is 19.4 Å². The molecule has 10 heteroatoms. The fraction of sp³-hybridized carbons (Fsp3) is 0.333. The molecular weight excluding hydrogens is 404 g/mol. The second-order valence-corrected chi connectivity index (χ2v) is 6.65. The van der Waals surface area contributed by atoms with Crippen molar-refractivity contribution in [1.29, 1.82) is 0 Å². The summed E-state index contributed by atoms with van der Waals surface area (Å²) in [6.45, 7) is 3.44. The summed E-state index contributed by atoms with van der Waals surface area (Å²) in [5.74, 6) is 0.232. The molecule has 0 unspecified atom stereocenters. The Morgan fingerprint density at radius 1 is 1.03 bits per heavy atom. The summed E-state index contributed by atoms with van der Waals surface area (Å²) < 4.78 is 14.3. The average Bonchev–Trinajstić information content (AvgIpc) is 3.10. The maximum Gasteiger partial charge on any atom is 0.332 e. The number of aromatic nitrogens is 4. The van der Waals surface area contributed by atoms with Crippen molar-refractivity contribution in [2.24, 2.45) is 0 Å². The van der Waals surface area contributed by atoms with Crippen LogP contribution >= 0.6 is 0 Å². The van der Waals surface area contributed by atoms with Gasteiger partial charge in [-0.1, -0.05) is 12.1 Å². The molecule has 3 rings (SSSR count). The van der Waals surface area contributed by atoms with Gasteiger partial charge in [0.1, 0.15) is 12.4 Å². The van der Waals surface area contributed by atoms with Gasteiger partial charge >= 0.3 is 11.7 Å². The summed E-state index contributed by atoms with van der Waals surface area (Å²) >= 11 is 0. The molecule has 0 spiro atoms. The quantitative estimate of drug-likeness (QED) is 0.580. The molecule has 1 N–H and O–H groups in total. The average molecular weight is 428 g/mol. The minimum atomic E-state index is -1.13. The summed E-state index contributed by atoms with van der Waals surface area (Å²) in [4.78, 5) is 41.5. The highest BCUT2D eigenvalue weighted by molar-refractivity contribution is 5.79. The Kier molecular flexibility index (Phi) is 6.28. The molecule has 0 radical (unpaired) electrons. The number of carboxylic acids is 1. The van der Waals surface area contributed by atoms with Crippen LogP contribution in [0.1, 0.15) is 25.2 Å². The standard InChI is InChI=1S/C21H24N4O6/c1-5-23-19-18(20(28)24(6-2)21(23)29)25(12-17(26)27)16(22-19)10-8-13-7-9-14(30-3)15(11-13)31-4/h7-11H,5-6,12H2,1-4H3,(H,26,27)/b10-8+. The number of hydrogen-bond donors (Lipinski definition) is 1. The van der Waals surface area contributed by atoms with Gasteiger partial charge < -0.3 is 19.1 Å². The van der Waals surface area contributed by atoms with Gasteiger partial charge in [-0.3, -0.25) is 18.7 Å². The lowest BCUT2D eigenvalue weighted by Gasteiger charge is -2.09. The van der Waals surface area contributed by atoms with E-state index in [9.17, 15) is 19.5 Å².